The summed E-state index contributed by atoms with van der Waals surface area (Å²) in [6.45, 7) is 2.98. The number of para-hydroxylation sites is 1. The van der Waals surface area contributed by atoms with Crippen LogP contribution in [0.3, 0.4) is 0 Å². The number of carbonyl (C=O) groups is 1. The summed E-state index contributed by atoms with van der Waals surface area (Å²) in [4.78, 5) is 11.9. The highest BCUT2D eigenvalue weighted by Crippen LogP contribution is 2.29. The summed E-state index contributed by atoms with van der Waals surface area (Å²) in [6.07, 6.45) is 5.03. The first-order valence-corrected chi connectivity index (χ1v) is 6.74. The van der Waals surface area contributed by atoms with E-state index in [1.54, 1.807) is 18.2 Å². The molecule has 1 fully saturated rings. The molecule has 3 nitrogen and oxygen atoms in total. The molecule has 2 atom stereocenters. The smallest absolute Gasteiger partial charge is 0.255 e. The van der Waals surface area contributed by atoms with Crippen LogP contribution in [0.25, 0.3) is 0 Å². The molecule has 1 amide bonds. The van der Waals surface area contributed by atoms with Crippen molar-refractivity contribution in [2.75, 3.05) is 6.54 Å². The third-order valence-corrected chi connectivity index (χ3v) is 3.96. The third kappa shape index (κ3) is 3.03. The topological polar surface area (TPSA) is 49.3 Å². The molecule has 0 saturated heterocycles. The normalized spacial score (nSPS) is 23.6. The molecule has 2 rings (SSSR count). The lowest BCUT2D eigenvalue weighted by molar-refractivity contribution is 0.0934. The molecule has 1 aliphatic rings. The molecule has 0 aromatic heterocycles. The molecular weight excluding hydrogens is 226 g/mol. The van der Waals surface area contributed by atoms with Crippen LogP contribution in [0, 0.1) is 11.8 Å². The van der Waals surface area contributed by atoms with Gasteiger partial charge in [-0.3, -0.25) is 4.79 Å². The lowest BCUT2D eigenvalue weighted by Gasteiger charge is -2.28. The number of hydrogen-bond acceptors (Lipinski definition) is 2. The molecule has 18 heavy (non-hydrogen) atoms. The van der Waals surface area contributed by atoms with E-state index in [9.17, 15) is 9.90 Å². The van der Waals surface area contributed by atoms with Crippen LogP contribution in [0.2, 0.25) is 0 Å². The largest absolute Gasteiger partial charge is 0.507 e. The lowest BCUT2D eigenvalue weighted by atomic mass is 9.80. The molecule has 2 unspecified atom stereocenters. The monoisotopic (exact) mass is 247 g/mol. The van der Waals surface area contributed by atoms with Gasteiger partial charge in [0.15, 0.2) is 0 Å². The number of hydrogen-bond donors (Lipinski definition) is 2. The van der Waals surface area contributed by atoms with Crippen molar-refractivity contribution in [1.29, 1.82) is 0 Å². The Labute approximate surface area is 108 Å². The molecule has 0 aliphatic heterocycles. The van der Waals surface area contributed by atoms with E-state index in [1.807, 2.05) is 0 Å². The van der Waals surface area contributed by atoms with Gasteiger partial charge in [-0.25, -0.2) is 0 Å². The number of phenols is 1. The van der Waals surface area contributed by atoms with E-state index in [2.05, 4.69) is 12.2 Å². The van der Waals surface area contributed by atoms with Gasteiger partial charge in [0.2, 0.25) is 0 Å². The van der Waals surface area contributed by atoms with Crippen LogP contribution in [-0.2, 0) is 0 Å². The van der Waals surface area contributed by atoms with Crippen LogP contribution < -0.4 is 5.32 Å². The van der Waals surface area contributed by atoms with Crippen LogP contribution in [0.4, 0.5) is 0 Å². The van der Waals surface area contributed by atoms with Crippen molar-refractivity contribution in [2.45, 2.75) is 32.6 Å². The first kappa shape index (κ1) is 12.9. The number of nitrogens with one attached hydrogen (secondary N) is 1. The Balaban J connectivity index is 1.90. The predicted molar refractivity (Wildman–Crippen MR) is 71.6 cm³/mol. The maximum Gasteiger partial charge on any atom is 0.255 e. The summed E-state index contributed by atoms with van der Waals surface area (Å²) < 4.78 is 0. The minimum absolute atomic E-state index is 0.0479. The van der Waals surface area contributed by atoms with E-state index >= 15 is 0 Å². The molecule has 0 heterocycles. The summed E-state index contributed by atoms with van der Waals surface area (Å²) in [5.41, 5.74) is 0.362. The molecule has 0 bridgehead atoms. The average Bonchev–Trinajstić information content (AvgIpc) is 2.38. The Hall–Kier alpha value is -1.51. The van der Waals surface area contributed by atoms with Crippen molar-refractivity contribution in [3.05, 3.63) is 29.8 Å². The van der Waals surface area contributed by atoms with E-state index in [0.717, 1.165) is 0 Å². The maximum atomic E-state index is 11.9. The van der Waals surface area contributed by atoms with Crippen LogP contribution in [0.15, 0.2) is 24.3 Å². The molecule has 0 spiro atoms. The summed E-state index contributed by atoms with van der Waals surface area (Å²) in [7, 11) is 0. The van der Waals surface area contributed by atoms with Gasteiger partial charge in [-0.05, 0) is 30.4 Å². The van der Waals surface area contributed by atoms with Crippen molar-refractivity contribution in [3.63, 3.8) is 0 Å². The molecule has 3 heteroatoms. The molecule has 1 saturated carbocycles. The quantitative estimate of drug-likeness (QED) is 0.862. The molecular formula is C15H21NO2. The van der Waals surface area contributed by atoms with Gasteiger partial charge in [0.25, 0.3) is 5.91 Å². The maximum absolute atomic E-state index is 11.9. The van der Waals surface area contributed by atoms with Gasteiger partial charge in [-0.15, -0.1) is 0 Å². The SMILES string of the molecule is CC1CCCCC1CNC(=O)c1ccccc1O. The second-order valence-electron chi connectivity index (χ2n) is 5.25. The molecule has 1 aliphatic carbocycles. The van der Waals surface area contributed by atoms with E-state index in [0.29, 0.717) is 23.9 Å². The fraction of sp³-hybridized carbons (Fsp3) is 0.533. The number of benzene rings is 1. The number of rotatable bonds is 3. The highest BCUT2D eigenvalue weighted by molar-refractivity contribution is 5.96. The second kappa shape index (κ2) is 5.89. The van der Waals surface area contributed by atoms with Gasteiger partial charge in [-0.1, -0.05) is 38.3 Å². The van der Waals surface area contributed by atoms with Gasteiger partial charge in [0.1, 0.15) is 5.75 Å². The van der Waals surface area contributed by atoms with Gasteiger partial charge in [0, 0.05) is 6.54 Å². The van der Waals surface area contributed by atoms with E-state index in [-0.39, 0.29) is 11.7 Å². The standard InChI is InChI=1S/C15H21NO2/c1-11-6-2-3-7-12(11)10-16-15(18)13-8-4-5-9-14(13)17/h4-5,8-9,11-12,17H,2-3,6-7,10H2,1H3,(H,16,18). The highest BCUT2D eigenvalue weighted by Gasteiger charge is 2.22. The zero-order chi connectivity index (χ0) is 13.0. The summed E-state index contributed by atoms with van der Waals surface area (Å²) in [6, 6.07) is 6.67. The van der Waals surface area contributed by atoms with Crippen LogP contribution in [-0.4, -0.2) is 17.6 Å². The first-order chi connectivity index (χ1) is 8.68. The Morgan fingerprint density at radius 1 is 1.33 bits per heavy atom. The number of phenolic OH excluding ortho intramolecular Hbond substituents is 1. The van der Waals surface area contributed by atoms with Gasteiger partial charge < -0.3 is 10.4 Å². The fourth-order valence-electron chi connectivity index (χ4n) is 2.68. The van der Waals surface area contributed by atoms with Crippen molar-refractivity contribution in [3.8, 4) is 5.75 Å². The van der Waals surface area contributed by atoms with Crippen molar-refractivity contribution < 1.29 is 9.90 Å². The second-order valence-corrected chi connectivity index (χ2v) is 5.25. The van der Waals surface area contributed by atoms with Gasteiger partial charge in [0.05, 0.1) is 5.56 Å². The third-order valence-electron chi connectivity index (χ3n) is 3.96. The predicted octanol–water partition coefficient (Wildman–Crippen LogP) is 2.95. The van der Waals surface area contributed by atoms with E-state index in [1.165, 1.54) is 31.7 Å². The van der Waals surface area contributed by atoms with Crippen molar-refractivity contribution in [1.82, 2.24) is 5.32 Å². The number of carbonyl (C=O) groups excluding carboxylic acids is 1. The molecule has 2 N–H and O–H groups in total. The zero-order valence-corrected chi connectivity index (χ0v) is 10.9. The minimum atomic E-state index is -0.175. The first-order valence-electron chi connectivity index (χ1n) is 6.74. The van der Waals surface area contributed by atoms with Crippen molar-refractivity contribution >= 4 is 5.91 Å². The van der Waals surface area contributed by atoms with Gasteiger partial charge in [-0.2, -0.15) is 0 Å². The van der Waals surface area contributed by atoms with Gasteiger partial charge >= 0.3 is 0 Å². The molecule has 0 radical (unpaired) electrons. The lowest BCUT2D eigenvalue weighted by Crippen LogP contribution is -2.33. The summed E-state index contributed by atoms with van der Waals surface area (Å²) in [5.74, 6) is 1.13. The minimum Gasteiger partial charge on any atom is -0.507 e. The fourth-order valence-corrected chi connectivity index (χ4v) is 2.68. The zero-order valence-electron chi connectivity index (χ0n) is 10.9. The Bertz CT molecular complexity index is 417. The molecule has 1 aromatic carbocycles. The summed E-state index contributed by atoms with van der Waals surface area (Å²) in [5, 5.41) is 12.6. The molecule has 1 aromatic rings. The Morgan fingerprint density at radius 2 is 2.06 bits per heavy atom. The van der Waals surface area contributed by atoms with Crippen LogP contribution >= 0.6 is 0 Å². The van der Waals surface area contributed by atoms with E-state index in [4.69, 9.17) is 0 Å². The van der Waals surface area contributed by atoms with Crippen LogP contribution in [0.5, 0.6) is 5.75 Å². The number of amides is 1. The number of aromatic hydroxyl groups is 1. The van der Waals surface area contributed by atoms with E-state index < -0.39 is 0 Å². The Kier molecular flexibility index (Phi) is 4.24. The van der Waals surface area contributed by atoms with Crippen LogP contribution in [0.1, 0.15) is 43.0 Å². The highest BCUT2D eigenvalue weighted by atomic mass is 16.3. The molecule has 98 valence electrons. The Morgan fingerprint density at radius 3 is 2.78 bits per heavy atom. The summed E-state index contributed by atoms with van der Waals surface area (Å²) >= 11 is 0. The van der Waals surface area contributed by atoms with Crippen molar-refractivity contribution in [2.24, 2.45) is 11.8 Å². The average molecular weight is 247 g/mol.